The average molecular weight is 422 g/mol. The number of hydrogen-bond acceptors (Lipinski definition) is 7. The predicted octanol–water partition coefficient (Wildman–Crippen LogP) is 3.32. The molecule has 0 saturated carbocycles. The predicted molar refractivity (Wildman–Crippen MR) is 116 cm³/mol. The molecule has 0 atom stereocenters. The Labute approximate surface area is 181 Å². The van der Waals surface area contributed by atoms with Gasteiger partial charge >= 0.3 is 0 Å². The van der Waals surface area contributed by atoms with Gasteiger partial charge in [-0.2, -0.15) is 4.98 Å². The van der Waals surface area contributed by atoms with E-state index in [0.29, 0.717) is 29.6 Å². The molecule has 1 aliphatic rings. The molecule has 1 aliphatic heterocycles. The molecule has 0 N–H and O–H groups in total. The first-order chi connectivity index (χ1) is 15.1. The van der Waals surface area contributed by atoms with Crippen LogP contribution in [-0.4, -0.2) is 54.2 Å². The Morgan fingerprint density at radius 2 is 1.74 bits per heavy atom. The minimum Gasteiger partial charge on any atom is -0.497 e. The fourth-order valence-electron chi connectivity index (χ4n) is 3.60. The first-order valence-corrected chi connectivity index (χ1v) is 10.3. The lowest BCUT2D eigenvalue weighted by Crippen LogP contribution is -2.35. The molecule has 2 aromatic carbocycles. The van der Waals surface area contributed by atoms with Gasteiger partial charge < -0.3 is 23.8 Å². The zero-order valence-corrected chi connectivity index (χ0v) is 17.8. The average Bonchev–Trinajstić information content (AvgIpc) is 3.07. The second-order valence-corrected chi connectivity index (χ2v) is 7.37. The summed E-state index contributed by atoms with van der Waals surface area (Å²) in [4.78, 5) is 21.3. The SMILES string of the molecule is COc1ccc(N2CCCN(C(=O)c3ccc(OCc4noc(C)n4)cc3)CC2)cc1. The summed E-state index contributed by atoms with van der Waals surface area (Å²) < 4.78 is 15.8. The molecule has 0 spiro atoms. The maximum absolute atomic E-state index is 13.0. The van der Waals surface area contributed by atoms with Crippen LogP contribution >= 0.6 is 0 Å². The van der Waals surface area contributed by atoms with Crippen LogP contribution in [0.3, 0.4) is 0 Å². The summed E-state index contributed by atoms with van der Waals surface area (Å²) in [5.74, 6) is 2.53. The standard InChI is InChI=1S/C23H26N4O4/c1-17-24-22(25-31-17)16-30-21-8-4-18(5-9-21)23(28)27-13-3-12-26(14-15-27)19-6-10-20(29-2)11-7-19/h4-11H,3,12-16H2,1-2H3. The second-order valence-electron chi connectivity index (χ2n) is 7.37. The van der Waals surface area contributed by atoms with Crippen molar-refractivity contribution in [1.29, 1.82) is 0 Å². The van der Waals surface area contributed by atoms with Crippen molar-refractivity contribution in [2.45, 2.75) is 20.0 Å². The normalized spacial score (nSPS) is 14.3. The highest BCUT2D eigenvalue weighted by atomic mass is 16.5. The number of carbonyl (C=O) groups excluding carboxylic acids is 1. The highest BCUT2D eigenvalue weighted by Crippen LogP contribution is 2.21. The quantitative estimate of drug-likeness (QED) is 0.603. The number of aryl methyl sites for hydroxylation is 1. The van der Waals surface area contributed by atoms with E-state index in [-0.39, 0.29) is 12.5 Å². The molecule has 1 saturated heterocycles. The van der Waals surface area contributed by atoms with Crippen LogP contribution in [0.2, 0.25) is 0 Å². The minimum absolute atomic E-state index is 0.0388. The Balaban J connectivity index is 1.33. The molecule has 0 bridgehead atoms. The molecule has 1 fully saturated rings. The maximum Gasteiger partial charge on any atom is 0.253 e. The molecule has 1 amide bonds. The Hall–Kier alpha value is -3.55. The highest BCUT2D eigenvalue weighted by molar-refractivity contribution is 5.94. The largest absolute Gasteiger partial charge is 0.497 e. The molecular formula is C23H26N4O4. The molecule has 2 heterocycles. The van der Waals surface area contributed by atoms with Gasteiger partial charge in [-0.1, -0.05) is 5.16 Å². The molecule has 162 valence electrons. The number of nitrogens with zero attached hydrogens (tertiary/aromatic N) is 4. The van der Waals surface area contributed by atoms with Crippen molar-refractivity contribution in [2.75, 3.05) is 38.2 Å². The fraction of sp³-hybridized carbons (Fsp3) is 0.348. The number of methoxy groups -OCH3 is 1. The van der Waals surface area contributed by atoms with Crippen LogP contribution in [0.5, 0.6) is 11.5 Å². The molecule has 0 aliphatic carbocycles. The Morgan fingerprint density at radius 1 is 1.00 bits per heavy atom. The summed E-state index contributed by atoms with van der Waals surface area (Å²) in [7, 11) is 1.66. The second kappa shape index (κ2) is 9.51. The molecule has 0 radical (unpaired) electrons. The molecule has 0 unspecified atom stereocenters. The zero-order valence-electron chi connectivity index (χ0n) is 17.8. The third-order valence-electron chi connectivity index (χ3n) is 5.26. The number of hydrogen-bond donors (Lipinski definition) is 0. The number of aromatic nitrogens is 2. The lowest BCUT2D eigenvalue weighted by Gasteiger charge is -2.24. The van der Waals surface area contributed by atoms with Crippen molar-refractivity contribution < 1.29 is 18.8 Å². The van der Waals surface area contributed by atoms with E-state index in [1.165, 1.54) is 0 Å². The summed E-state index contributed by atoms with van der Waals surface area (Å²) in [5.41, 5.74) is 1.80. The van der Waals surface area contributed by atoms with Gasteiger partial charge in [-0.15, -0.1) is 0 Å². The fourth-order valence-corrected chi connectivity index (χ4v) is 3.60. The Kier molecular flexibility index (Phi) is 6.35. The molecule has 8 heteroatoms. The zero-order chi connectivity index (χ0) is 21.6. The number of carbonyl (C=O) groups is 1. The van der Waals surface area contributed by atoms with Gasteiger partial charge in [0.15, 0.2) is 6.61 Å². The lowest BCUT2D eigenvalue weighted by atomic mass is 10.2. The van der Waals surface area contributed by atoms with Gasteiger partial charge in [0.1, 0.15) is 11.5 Å². The molecular weight excluding hydrogens is 396 g/mol. The van der Waals surface area contributed by atoms with Crippen LogP contribution in [0, 0.1) is 6.92 Å². The van der Waals surface area contributed by atoms with Gasteiger partial charge in [0.25, 0.3) is 5.91 Å². The first-order valence-electron chi connectivity index (χ1n) is 10.3. The summed E-state index contributed by atoms with van der Waals surface area (Å²) in [6.45, 7) is 5.08. The summed E-state index contributed by atoms with van der Waals surface area (Å²) >= 11 is 0. The van der Waals surface area contributed by atoms with Crippen LogP contribution in [0.25, 0.3) is 0 Å². The van der Waals surface area contributed by atoms with Crippen molar-refractivity contribution in [3.8, 4) is 11.5 Å². The number of ether oxygens (including phenoxy) is 2. The monoisotopic (exact) mass is 422 g/mol. The van der Waals surface area contributed by atoms with E-state index in [0.717, 1.165) is 37.5 Å². The Morgan fingerprint density at radius 3 is 2.42 bits per heavy atom. The topological polar surface area (TPSA) is 80.9 Å². The summed E-state index contributed by atoms with van der Waals surface area (Å²) in [5, 5.41) is 3.80. The van der Waals surface area contributed by atoms with Gasteiger partial charge in [0.2, 0.25) is 11.7 Å². The third kappa shape index (κ3) is 5.14. The molecule has 4 rings (SSSR count). The van der Waals surface area contributed by atoms with Crippen LogP contribution in [0.1, 0.15) is 28.5 Å². The van der Waals surface area contributed by atoms with Gasteiger partial charge in [0.05, 0.1) is 7.11 Å². The van der Waals surface area contributed by atoms with Gasteiger partial charge in [-0.3, -0.25) is 4.79 Å². The highest BCUT2D eigenvalue weighted by Gasteiger charge is 2.20. The van der Waals surface area contributed by atoms with E-state index < -0.39 is 0 Å². The summed E-state index contributed by atoms with van der Waals surface area (Å²) in [6.07, 6.45) is 0.920. The van der Waals surface area contributed by atoms with Crippen molar-refractivity contribution in [1.82, 2.24) is 15.0 Å². The van der Waals surface area contributed by atoms with Crippen LogP contribution in [-0.2, 0) is 6.61 Å². The van der Waals surface area contributed by atoms with Crippen molar-refractivity contribution in [3.05, 3.63) is 65.8 Å². The number of anilines is 1. The smallest absolute Gasteiger partial charge is 0.253 e. The van der Waals surface area contributed by atoms with Gasteiger partial charge in [0, 0.05) is 44.4 Å². The van der Waals surface area contributed by atoms with E-state index >= 15 is 0 Å². The van der Waals surface area contributed by atoms with Crippen LogP contribution in [0.4, 0.5) is 5.69 Å². The number of benzene rings is 2. The van der Waals surface area contributed by atoms with Crippen molar-refractivity contribution in [2.24, 2.45) is 0 Å². The summed E-state index contributed by atoms with van der Waals surface area (Å²) in [6, 6.07) is 15.2. The molecule has 31 heavy (non-hydrogen) atoms. The van der Waals surface area contributed by atoms with Crippen molar-refractivity contribution in [3.63, 3.8) is 0 Å². The lowest BCUT2D eigenvalue weighted by molar-refractivity contribution is 0.0767. The van der Waals surface area contributed by atoms with E-state index in [9.17, 15) is 4.79 Å². The van der Waals surface area contributed by atoms with Crippen molar-refractivity contribution >= 4 is 11.6 Å². The number of rotatable bonds is 6. The van der Waals surface area contributed by atoms with E-state index in [1.54, 1.807) is 38.3 Å². The number of amides is 1. The van der Waals surface area contributed by atoms with Gasteiger partial charge in [-0.25, -0.2) is 0 Å². The van der Waals surface area contributed by atoms with Gasteiger partial charge in [-0.05, 0) is 55.0 Å². The maximum atomic E-state index is 13.0. The van der Waals surface area contributed by atoms with Crippen LogP contribution < -0.4 is 14.4 Å². The molecule has 1 aromatic heterocycles. The van der Waals surface area contributed by atoms with E-state index in [1.807, 2.05) is 17.0 Å². The van der Waals surface area contributed by atoms with Crippen LogP contribution in [0.15, 0.2) is 53.1 Å². The first kappa shape index (κ1) is 20.7. The molecule has 8 nitrogen and oxygen atoms in total. The minimum atomic E-state index is 0.0388. The van der Waals surface area contributed by atoms with E-state index in [4.69, 9.17) is 14.0 Å². The Bertz CT molecular complexity index is 1000. The van der Waals surface area contributed by atoms with E-state index in [2.05, 4.69) is 27.2 Å². The molecule has 3 aromatic rings. The third-order valence-corrected chi connectivity index (χ3v) is 5.26.